The quantitative estimate of drug-likeness (QED) is 0.870. The molecule has 1 saturated carbocycles. The maximum Gasteiger partial charge on any atom is 0.308 e. The molecule has 1 aliphatic carbocycles. The number of amides is 1. The Balaban J connectivity index is 1.64. The van der Waals surface area contributed by atoms with E-state index < -0.39 is 11.9 Å². The van der Waals surface area contributed by atoms with E-state index in [0.29, 0.717) is 6.61 Å². The van der Waals surface area contributed by atoms with E-state index in [1.165, 1.54) is 12.8 Å². The lowest BCUT2D eigenvalue weighted by Crippen LogP contribution is -2.25. The Kier molecular flexibility index (Phi) is 3.92. The Labute approximate surface area is 123 Å². The van der Waals surface area contributed by atoms with Gasteiger partial charge in [-0.2, -0.15) is 0 Å². The van der Waals surface area contributed by atoms with E-state index in [1.807, 2.05) is 24.3 Å². The second-order valence-corrected chi connectivity index (χ2v) is 5.87. The van der Waals surface area contributed by atoms with Crippen LogP contribution in [0.5, 0.6) is 0 Å². The Morgan fingerprint density at radius 2 is 2.19 bits per heavy atom. The highest BCUT2D eigenvalue weighted by atomic mass is 16.5. The molecular weight excluding hydrogens is 270 g/mol. The number of ether oxygens (including phenoxy) is 1. The van der Waals surface area contributed by atoms with Gasteiger partial charge in [0.15, 0.2) is 0 Å². The number of carbonyl (C=O) groups excluding carboxylic acids is 1. The molecule has 1 amide bonds. The lowest BCUT2D eigenvalue weighted by atomic mass is 10.1. The lowest BCUT2D eigenvalue weighted by Gasteiger charge is -2.17. The molecule has 3 rings (SSSR count). The molecule has 5 heteroatoms. The van der Waals surface area contributed by atoms with Gasteiger partial charge in [0.05, 0.1) is 12.5 Å². The van der Waals surface area contributed by atoms with Crippen LogP contribution in [0.25, 0.3) is 0 Å². The summed E-state index contributed by atoms with van der Waals surface area (Å²) in [6, 6.07) is 7.60. The third-order valence-corrected chi connectivity index (χ3v) is 4.02. The van der Waals surface area contributed by atoms with E-state index in [-0.39, 0.29) is 18.9 Å². The molecule has 0 bridgehead atoms. The fraction of sp³-hybridized carbons (Fsp3) is 0.500. The van der Waals surface area contributed by atoms with Crippen LogP contribution in [-0.4, -0.2) is 30.1 Å². The van der Waals surface area contributed by atoms with Gasteiger partial charge in [0, 0.05) is 25.3 Å². The molecule has 0 spiro atoms. The molecule has 2 aliphatic rings. The summed E-state index contributed by atoms with van der Waals surface area (Å²) in [5.74, 6) is -0.912. The largest absolute Gasteiger partial charge is 0.481 e. The van der Waals surface area contributed by atoms with Crippen molar-refractivity contribution in [2.75, 3.05) is 18.1 Å². The number of hydrogen-bond donors (Lipinski definition) is 1. The third-order valence-electron chi connectivity index (χ3n) is 4.02. The summed E-state index contributed by atoms with van der Waals surface area (Å²) in [7, 11) is 0. The Hall–Kier alpha value is -1.88. The predicted molar refractivity (Wildman–Crippen MR) is 76.9 cm³/mol. The average Bonchev–Trinajstić information content (AvgIpc) is 3.19. The first-order chi connectivity index (χ1) is 10.1. The molecule has 1 saturated heterocycles. The first-order valence-corrected chi connectivity index (χ1v) is 7.33. The number of aliphatic carboxylic acids is 1. The summed E-state index contributed by atoms with van der Waals surface area (Å²) >= 11 is 0. The molecule has 1 unspecified atom stereocenters. The maximum absolute atomic E-state index is 11.9. The number of nitrogens with zero attached hydrogens (tertiary/aromatic N) is 1. The summed E-state index contributed by atoms with van der Waals surface area (Å²) in [5.41, 5.74) is 1.77. The van der Waals surface area contributed by atoms with Crippen LogP contribution in [0.2, 0.25) is 0 Å². The van der Waals surface area contributed by atoms with Crippen LogP contribution >= 0.6 is 0 Å². The van der Waals surface area contributed by atoms with E-state index >= 15 is 0 Å². The van der Waals surface area contributed by atoms with Crippen molar-refractivity contribution >= 4 is 17.6 Å². The molecular formula is C16H19NO4. The minimum atomic E-state index is -0.908. The minimum Gasteiger partial charge on any atom is -0.481 e. The van der Waals surface area contributed by atoms with E-state index in [2.05, 4.69) is 0 Å². The van der Waals surface area contributed by atoms with E-state index in [4.69, 9.17) is 9.84 Å². The zero-order chi connectivity index (χ0) is 14.8. The van der Waals surface area contributed by atoms with Crippen molar-refractivity contribution in [2.45, 2.75) is 25.9 Å². The normalized spacial score (nSPS) is 21.8. The number of rotatable bonds is 6. The van der Waals surface area contributed by atoms with Gasteiger partial charge in [0.1, 0.15) is 0 Å². The predicted octanol–water partition coefficient (Wildman–Crippen LogP) is 2.05. The second kappa shape index (κ2) is 5.85. The van der Waals surface area contributed by atoms with Crippen molar-refractivity contribution in [2.24, 2.45) is 11.8 Å². The molecule has 1 aliphatic heterocycles. The van der Waals surface area contributed by atoms with Gasteiger partial charge in [-0.1, -0.05) is 12.1 Å². The number of carboxylic acid groups (broad SMARTS) is 1. The van der Waals surface area contributed by atoms with Crippen molar-refractivity contribution in [1.29, 1.82) is 0 Å². The van der Waals surface area contributed by atoms with Crippen LogP contribution in [0.3, 0.4) is 0 Å². The molecule has 0 aromatic heterocycles. The topological polar surface area (TPSA) is 66.8 Å². The molecule has 21 heavy (non-hydrogen) atoms. The van der Waals surface area contributed by atoms with Gasteiger partial charge in [-0.3, -0.25) is 9.59 Å². The van der Waals surface area contributed by atoms with Crippen molar-refractivity contribution in [1.82, 2.24) is 0 Å². The average molecular weight is 289 g/mol. The van der Waals surface area contributed by atoms with Gasteiger partial charge in [-0.15, -0.1) is 0 Å². The van der Waals surface area contributed by atoms with Gasteiger partial charge in [0.25, 0.3) is 0 Å². The molecule has 1 atom stereocenters. The van der Waals surface area contributed by atoms with Crippen LogP contribution in [0.15, 0.2) is 24.3 Å². The molecule has 1 N–H and O–H groups in total. The molecule has 1 heterocycles. The van der Waals surface area contributed by atoms with Crippen LogP contribution in [0, 0.1) is 11.8 Å². The monoisotopic (exact) mass is 289 g/mol. The Bertz CT molecular complexity index is 553. The summed E-state index contributed by atoms with van der Waals surface area (Å²) in [5, 5.41) is 9.03. The minimum absolute atomic E-state index is 0.0811. The van der Waals surface area contributed by atoms with Gasteiger partial charge >= 0.3 is 5.97 Å². The fourth-order valence-electron chi connectivity index (χ4n) is 2.56. The van der Waals surface area contributed by atoms with Crippen molar-refractivity contribution in [3.63, 3.8) is 0 Å². The number of anilines is 1. The third kappa shape index (κ3) is 3.42. The number of carboxylic acids is 1. The highest BCUT2D eigenvalue weighted by molar-refractivity contribution is 5.99. The van der Waals surface area contributed by atoms with E-state index in [0.717, 1.165) is 23.8 Å². The smallest absolute Gasteiger partial charge is 0.308 e. The fourth-order valence-corrected chi connectivity index (χ4v) is 2.56. The molecule has 1 aromatic rings. The van der Waals surface area contributed by atoms with E-state index in [1.54, 1.807) is 4.90 Å². The second-order valence-electron chi connectivity index (χ2n) is 5.87. The first kappa shape index (κ1) is 14.1. The SMILES string of the molecule is O=C(O)C1CC(=O)N(c2cccc(COCC3CC3)c2)C1. The van der Waals surface area contributed by atoms with Crippen molar-refractivity contribution in [3.05, 3.63) is 29.8 Å². The molecule has 112 valence electrons. The van der Waals surface area contributed by atoms with Gasteiger partial charge in [-0.25, -0.2) is 0 Å². The lowest BCUT2D eigenvalue weighted by molar-refractivity contribution is -0.141. The number of carbonyl (C=O) groups is 2. The summed E-state index contributed by atoms with van der Waals surface area (Å²) in [6.45, 7) is 1.59. The van der Waals surface area contributed by atoms with Crippen LogP contribution in [-0.2, 0) is 20.9 Å². The number of hydrogen-bond acceptors (Lipinski definition) is 3. The highest BCUT2D eigenvalue weighted by Crippen LogP contribution is 2.29. The summed E-state index contributed by atoms with van der Waals surface area (Å²) < 4.78 is 5.65. The van der Waals surface area contributed by atoms with Crippen LogP contribution < -0.4 is 4.90 Å². The molecule has 5 nitrogen and oxygen atoms in total. The van der Waals surface area contributed by atoms with Crippen molar-refractivity contribution in [3.8, 4) is 0 Å². The zero-order valence-electron chi connectivity index (χ0n) is 11.8. The molecule has 2 fully saturated rings. The Morgan fingerprint density at radius 1 is 1.38 bits per heavy atom. The van der Waals surface area contributed by atoms with Crippen molar-refractivity contribution < 1.29 is 19.4 Å². The summed E-state index contributed by atoms with van der Waals surface area (Å²) in [4.78, 5) is 24.5. The highest BCUT2D eigenvalue weighted by Gasteiger charge is 2.35. The summed E-state index contributed by atoms with van der Waals surface area (Å²) in [6.07, 6.45) is 2.61. The van der Waals surface area contributed by atoms with E-state index in [9.17, 15) is 9.59 Å². The van der Waals surface area contributed by atoms with Gasteiger partial charge in [-0.05, 0) is 36.5 Å². The Morgan fingerprint density at radius 3 is 2.86 bits per heavy atom. The van der Waals surface area contributed by atoms with Gasteiger partial charge < -0.3 is 14.7 Å². The van der Waals surface area contributed by atoms with Gasteiger partial charge in [0.2, 0.25) is 5.91 Å². The number of benzene rings is 1. The molecule has 0 radical (unpaired) electrons. The van der Waals surface area contributed by atoms with Crippen LogP contribution in [0.4, 0.5) is 5.69 Å². The maximum atomic E-state index is 11.9. The first-order valence-electron chi connectivity index (χ1n) is 7.33. The molecule has 1 aromatic carbocycles. The zero-order valence-corrected chi connectivity index (χ0v) is 11.8. The van der Waals surface area contributed by atoms with Crippen LogP contribution in [0.1, 0.15) is 24.8 Å². The standard InChI is InChI=1S/C16H19NO4/c18-15-7-13(16(19)20)8-17(15)14-3-1-2-12(6-14)10-21-9-11-4-5-11/h1-3,6,11,13H,4-5,7-10H2,(H,19,20).